The van der Waals surface area contributed by atoms with Gasteiger partial charge in [-0.2, -0.15) is 0 Å². The second kappa shape index (κ2) is 8.45. The molecule has 6 heteroatoms. The highest BCUT2D eigenvalue weighted by Crippen LogP contribution is 2.40. The first kappa shape index (κ1) is 17.9. The van der Waals surface area contributed by atoms with Gasteiger partial charge in [0.2, 0.25) is 5.91 Å². The lowest BCUT2D eigenvalue weighted by molar-refractivity contribution is -0.115. The molecule has 23 heavy (non-hydrogen) atoms. The van der Waals surface area contributed by atoms with Gasteiger partial charge >= 0.3 is 5.97 Å². The Balaban J connectivity index is 2.20. The summed E-state index contributed by atoms with van der Waals surface area (Å²) in [5, 5.41) is 6.62. The lowest BCUT2D eigenvalue weighted by Gasteiger charge is -2.18. The van der Waals surface area contributed by atoms with Gasteiger partial charge in [0.25, 0.3) is 0 Å². The summed E-state index contributed by atoms with van der Waals surface area (Å²) in [6.07, 6.45) is 3.90. The van der Waals surface area contributed by atoms with E-state index in [2.05, 4.69) is 24.5 Å². The number of nitrogens with one attached hydrogen (secondary N) is 2. The number of carbonyl (C=O) groups excluding carboxylic acids is 2. The van der Waals surface area contributed by atoms with E-state index in [4.69, 9.17) is 4.74 Å². The molecule has 0 bridgehead atoms. The van der Waals surface area contributed by atoms with Crippen molar-refractivity contribution in [2.45, 2.75) is 46.5 Å². The van der Waals surface area contributed by atoms with Crippen LogP contribution in [0.3, 0.4) is 0 Å². The second-order valence-corrected chi connectivity index (χ2v) is 7.11. The number of hydrogen-bond acceptors (Lipinski definition) is 5. The molecular weight excluding hydrogens is 312 g/mol. The highest BCUT2D eigenvalue weighted by Gasteiger charge is 2.28. The Bertz CT molecular complexity index is 568. The predicted octanol–water partition coefficient (Wildman–Crippen LogP) is 2.99. The van der Waals surface area contributed by atoms with E-state index in [9.17, 15) is 9.59 Å². The summed E-state index contributed by atoms with van der Waals surface area (Å²) >= 11 is 1.53. The molecule has 0 unspecified atom stereocenters. The average Bonchev–Trinajstić information content (AvgIpc) is 2.84. The number of ether oxygens (including phenoxy) is 1. The van der Waals surface area contributed by atoms with Crippen LogP contribution in [-0.4, -0.2) is 31.6 Å². The van der Waals surface area contributed by atoms with Gasteiger partial charge in [-0.05, 0) is 50.6 Å². The van der Waals surface area contributed by atoms with Gasteiger partial charge in [-0.3, -0.25) is 4.79 Å². The molecule has 2 rings (SSSR count). The Morgan fingerprint density at radius 3 is 2.83 bits per heavy atom. The Morgan fingerprint density at radius 2 is 2.13 bits per heavy atom. The number of rotatable bonds is 7. The van der Waals surface area contributed by atoms with Crippen molar-refractivity contribution >= 4 is 28.2 Å². The van der Waals surface area contributed by atoms with Crippen LogP contribution < -0.4 is 10.6 Å². The first-order valence-electron chi connectivity index (χ1n) is 8.39. The molecule has 1 aromatic rings. The van der Waals surface area contributed by atoms with Gasteiger partial charge < -0.3 is 15.4 Å². The van der Waals surface area contributed by atoms with Crippen LogP contribution in [0.15, 0.2) is 0 Å². The Morgan fingerprint density at radius 1 is 1.35 bits per heavy atom. The van der Waals surface area contributed by atoms with E-state index in [1.807, 2.05) is 0 Å². The number of amides is 1. The minimum Gasteiger partial charge on any atom is -0.462 e. The van der Waals surface area contributed by atoms with Gasteiger partial charge in [-0.1, -0.05) is 13.8 Å². The summed E-state index contributed by atoms with van der Waals surface area (Å²) < 4.78 is 5.20. The minimum atomic E-state index is -0.323. The number of hydrogen-bond donors (Lipinski definition) is 2. The number of thiophene rings is 1. The maximum atomic E-state index is 12.3. The fourth-order valence-corrected chi connectivity index (χ4v) is 4.22. The molecule has 128 valence electrons. The molecule has 1 atom stereocenters. The fraction of sp³-hybridized carbons (Fsp3) is 0.647. The molecule has 1 aromatic heterocycles. The first-order valence-corrected chi connectivity index (χ1v) is 9.20. The molecule has 0 radical (unpaired) electrons. The number of anilines is 1. The molecule has 0 fully saturated rings. The molecule has 5 nitrogen and oxygen atoms in total. The van der Waals surface area contributed by atoms with E-state index in [1.165, 1.54) is 16.2 Å². The van der Waals surface area contributed by atoms with Crippen molar-refractivity contribution in [2.75, 3.05) is 25.0 Å². The summed E-state index contributed by atoms with van der Waals surface area (Å²) in [5.41, 5.74) is 1.64. The van der Waals surface area contributed by atoms with Crippen molar-refractivity contribution in [3.63, 3.8) is 0 Å². The standard InChI is InChI=1S/C17H26N2O3S/c1-4-8-18-10-14(20)19-16-15(17(21)22-5-2)12-7-6-11(3)9-13(12)23-16/h11,18H,4-10H2,1-3H3,(H,19,20)/t11-/m0/s1. The smallest absolute Gasteiger partial charge is 0.341 e. The summed E-state index contributed by atoms with van der Waals surface area (Å²) in [7, 11) is 0. The first-order chi connectivity index (χ1) is 11.1. The topological polar surface area (TPSA) is 67.4 Å². The van der Waals surface area contributed by atoms with Crippen LogP contribution >= 0.6 is 11.3 Å². The number of fused-ring (bicyclic) bond motifs is 1. The fourth-order valence-electron chi connectivity index (χ4n) is 2.81. The molecular formula is C17H26N2O3S. The normalized spacial score (nSPS) is 16.7. The highest BCUT2D eigenvalue weighted by atomic mass is 32.1. The minimum absolute atomic E-state index is 0.115. The molecule has 1 aliphatic carbocycles. The predicted molar refractivity (Wildman–Crippen MR) is 93.3 cm³/mol. The number of carbonyl (C=O) groups is 2. The summed E-state index contributed by atoms with van der Waals surface area (Å²) in [6, 6.07) is 0. The molecule has 1 aliphatic rings. The van der Waals surface area contributed by atoms with E-state index in [0.717, 1.165) is 37.8 Å². The monoisotopic (exact) mass is 338 g/mol. The van der Waals surface area contributed by atoms with Gasteiger partial charge in [0, 0.05) is 4.88 Å². The molecule has 0 aliphatic heterocycles. The molecule has 0 saturated carbocycles. The third-order valence-electron chi connectivity index (χ3n) is 3.96. The largest absolute Gasteiger partial charge is 0.462 e. The van der Waals surface area contributed by atoms with E-state index in [0.29, 0.717) is 23.1 Å². The molecule has 0 spiro atoms. The average molecular weight is 338 g/mol. The lowest BCUT2D eigenvalue weighted by atomic mass is 9.88. The molecule has 1 amide bonds. The van der Waals surface area contributed by atoms with Gasteiger partial charge in [0.05, 0.1) is 18.7 Å². The Labute approximate surface area is 141 Å². The van der Waals surface area contributed by atoms with Crippen molar-refractivity contribution in [1.29, 1.82) is 0 Å². The summed E-state index contributed by atoms with van der Waals surface area (Å²) in [5.74, 6) is 0.179. The number of esters is 1. The molecule has 0 aromatic carbocycles. The SMILES string of the molecule is CCCNCC(=O)Nc1sc2c(c1C(=O)OCC)CC[C@H](C)C2. The highest BCUT2D eigenvalue weighted by molar-refractivity contribution is 7.17. The summed E-state index contributed by atoms with van der Waals surface area (Å²) in [6.45, 7) is 7.47. The van der Waals surface area contributed by atoms with Gasteiger partial charge in [-0.25, -0.2) is 4.79 Å². The zero-order valence-corrected chi connectivity index (χ0v) is 15.0. The Hall–Kier alpha value is -1.40. The Kier molecular flexibility index (Phi) is 6.59. The van der Waals surface area contributed by atoms with E-state index >= 15 is 0 Å². The van der Waals surface area contributed by atoms with E-state index < -0.39 is 0 Å². The second-order valence-electron chi connectivity index (χ2n) is 6.00. The zero-order chi connectivity index (χ0) is 16.8. The third-order valence-corrected chi connectivity index (χ3v) is 5.13. The van der Waals surface area contributed by atoms with Crippen LogP contribution in [0, 0.1) is 5.92 Å². The lowest BCUT2D eigenvalue weighted by Crippen LogP contribution is -2.28. The van der Waals surface area contributed by atoms with Crippen LogP contribution in [0.5, 0.6) is 0 Å². The van der Waals surface area contributed by atoms with Crippen LogP contribution in [-0.2, 0) is 22.4 Å². The van der Waals surface area contributed by atoms with Gasteiger partial charge in [-0.15, -0.1) is 11.3 Å². The molecule has 0 saturated heterocycles. The summed E-state index contributed by atoms with van der Waals surface area (Å²) in [4.78, 5) is 25.6. The maximum absolute atomic E-state index is 12.3. The van der Waals surface area contributed by atoms with E-state index in [-0.39, 0.29) is 18.4 Å². The van der Waals surface area contributed by atoms with Crippen molar-refractivity contribution in [2.24, 2.45) is 5.92 Å². The van der Waals surface area contributed by atoms with Crippen LogP contribution in [0.4, 0.5) is 5.00 Å². The molecule has 2 N–H and O–H groups in total. The van der Waals surface area contributed by atoms with E-state index in [1.54, 1.807) is 6.92 Å². The quantitative estimate of drug-likeness (QED) is 0.592. The van der Waals surface area contributed by atoms with Crippen molar-refractivity contribution in [3.05, 3.63) is 16.0 Å². The maximum Gasteiger partial charge on any atom is 0.341 e. The van der Waals surface area contributed by atoms with Crippen LogP contribution in [0.25, 0.3) is 0 Å². The van der Waals surface area contributed by atoms with Crippen LogP contribution in [0.2, 0.25) is 0 Å². The molecule has 1 heterocycles. The van der Waals surface area contributed by atoms with Gasteiger partial charge in [0.15, 0.2) is 0 Å². The van der Waals surface area contributed by atoms with Gasteiger partial charge in [0.1, 0.15) is 5.00 Å². The van der Waals surface area contributed by atoms with Crippen molar-refractivity contribution in [1.82, 2.24) is 5.32 Å². The van der Waals surface area contributed by atoms with Crippen LogP contribution in [0.1, 0.15) is 54.4 Å². The van der Waals surface area contributed by atoms with Crippen molar-refractivity contribution in [3.8, 4) is 0 Å². The zero-order valence-electron chi connectivity index (χ0n) is 14.2. The third kappa shape index (κ3) is 4.54. The van der Waals surface area contributed by atoms with Crippen molar-refractivity contribution < 1.29 is 14.3 Å².